The molecule has 174 valence electrons. The molecule has 0 radical (unpaired) electrons. The summed E-state index contributed by atoms with van der Waals surface area (Å²) in [5.41, 5.74) is 4.96. The van der Waals surface area contributed by atoms with Crippen LogP contribution in [0.15, 0.2) is 54.6 Å². The maximum Gasteiger partial charge on any atom is 0.328 e. The van der Waals surface area contributed by atoms with Crippen LogP contribution in [0.1, 0.15) is 23.1 Å². The van der Waals surface area contributed by atoms with Crippen LogP contribution < -0.4 is 15.0 Å². The van der Waals surface area contributed by atoms with Crippen LogP contribution in [0.25, 0.3) is 0 Å². The van der Waals surface area contributed by atoms with Gasteiger partial charge in [0.05, 0.1) is 5.69 Å². The molecule has 3 N–H and O–H groups in total. The van der Waals surface area contributed by atoms with Crippen LogP contribution in [-0.4, -0.2) is 54.3 Å². The number of carboxylic acids is 2. The van der Waals surface area contributed by atoms with Crippen molar-refractivity contribution in [3.05, 3.63) is 71.3 Å². The van der Waals surface area contributed by atoms with Gasteiger partial charge in [0, 0.05) is 18.7 Å². The fraction of sp³-hybridized carbons (Fsp3) is 0.320. The van der Waals surface area contributed by atoms with Gasteiger partial charge in [-0.1, -0.05) is 30.3 Å². The first-order chi connectivity index (χ1) is 15.9. The Hall–Kier alpha value is -3.65. The second kappa shape index (κ2) is 11.8. The summed E-state index contributed by atoms with van der Waals surface area (Å²) < 4.78 is 5.73. The maximum atomic E-state index is 12.4. The van der Waals surface area contributed by atoms with Gasteiger partial charge in [0.1, 0.15) is 5.75 Å². The van der Waals surface area contributed by atoms with E-state index < -0.39 is 11.9 Å². The number of aryl methyl sites for hydroxylation is 1. The van der Waals surface area contributed by atoms with Gasteiger partial charge < -0.3 is 25.2 Å². The number of carboxylic acid groups (broad SMARTS) is 2. The molecule has 0 saturated carbocycles. The summed E-state index contributed by atoms with van der Waals surface area (Å²) in [6, 6.07) is 14.8. The predicted octanol–water partition coefficient (Wildman–Crippen LogP) is 2.44. The molecule has 2 aliphatic heterocycles. The number of benzene rings is 2. The van der Waals surface area contributed by atoms with Crippen molar-refractivity contribution in [2.45, 2.75) is 25.7 Å². The fourth-order valence-electron chi connectivity index (χ4n) is 3.84. The van der Waals surface area contributed by atoms with Gasteiger partial charge in [-0.15, -0.1) is 0 Å². The Morgan fingerprint density at radius 2 is 1.64 bits per heavy atom. The van der Waals surface area contributed by atoms with Crippen LogP contribution in [0.2, 0.25) is 0 Å². The van der Waals surface area contributed by atoms with Crippen LogP contribution in [0.3, 0.4) is 0 Å². The number of rotatable bonds is 6. The van der Waals surface area contributed by atoms with E-state index in [1.54, 1.807) is 0 Å². The van der Waals surface area contributed by atoms with E-state index in [-0.39, 0.29) is 12.5 Å². The highest BCUT2D eigenvalue weighted by atomic mass is 16.5. The highest BCUT2D eigenvalue weighted by molar-refractivity contribution is 5.98. The molecule has 0 fully saturated rings. The Balaban J connectivity index is 0.000000331. The quantitative estimate of drug-likeness (QED) is 0.577. The lowest BCUT2D eigenvalue weighted by atomic mass is 10.00. The predicted molar refractivity (Wildman–Crippen MR) is 124 cm³/mol. The van der Waals surface area contributed by atoms with E-state index in [2.05, 4.69) is 41.7 Å². The summed E-state index contributed by atoms with van der Waals surface area (Å²) in [6.45, 7) is 2.89. The van der Waals surface area contributed by atoms with Crippen molar-refractivity contribution in [1.29, 1.82) is 0 Å². The highest BCUT2D eigenvalue weighted by Crippen LogP contribution is 2.36. The minimum Gasteiger partial charge on any atom is -0.482 e. The summed E-state index contributed by atoms with van der Waals surface area (Å²) in [4.78, 5) is 33.4. The molecular formula is C25H28N2O6. The number of aliphatic carboxylic acids is 2. The van der Waals surface area contributed by atoms with Gasteiger partial charge in [0.15, 0.2) is 6.61 Å². The Morgan fingerprint density at radius 3 is 2.27 bits per heavy atom. The minimum absolute atomic E-state index is 0.0623. The number of amides is 1. The van der Waals surface area contributed by atoms with Gasteiger partial charge in [-0.3, -0.25) is 4.79 Å². The van der Waals surface area contributed by atoms with Crippen molar-refractivity contribution >= 4 is 23.5 Å². The first kappa shape index (κ1) is 24.0. The minimum atomic E-state index is -1.26. The SMILES string of the molecule is O=C(O)/C=C/C(=O)O.O=C1COc2cc3c(cc2N1CCCc1ccccc1)CCNCC3. The average Bonchev–Trinajstić information content (AvgIpc) is 3.04. The summed E-state index contributed by atoms with van der Waals surface area (Å²) in [6.07, 6.45) is 5.08. The number of hydrogen-bond donors (Lipinski definition) is 3. The van der Waals surface area contributed by atoms with E-state index in [1.165, 1.54) is 16.7 Å². The molecule has 0 aliphatic carbocycles. The van der Waals surface area contributed by atoms with Gasteiger partial charge in [-0.25, -0.2) is 9.59 Å². The summed E-state index contributed by atoms with van der Waals surface area (Å²) in [5.74, 6) is -1.59. The van der Waals surface area contributed by atoms with E-state index in [0.29, 0.717) is 12.2 Å². The molecule has 8 nitrogen and oxygen atoms in total. The van der Waals surface area contributed by atoms with Crippen LogP contribution in [0, 0.1) is 0 Å². The van der Waals surface area contributed by atoms with Crippen LogP contribution >= 0.6 is 0 Å². The Labute approximate surface area is 192 Å². The second-order valence-corrected chi connectivity index (χ2v) is 7.77. The van der Waals surface area contributed by atoms with Gasteiger partial charge in [0.25, 0.3) is 5.91 Å². The molecule has 0 bridgehead atoms. The lowest BCUT2D eigenvalue weighted by Crippen LogP contribution is -2.39. The van der Waals surface area contributed by atoms with Crippen LogP contribution in [0.4, 0.5) is 5.69 Å². The molecule has 0 unspecified atom stereocenters. The summed E-state index contributed by atoms with van der Waals surface area (Å²) in [5, 5.41) is 19.1. The van der Waals surface area contributed by atoms with Crippen LogP contribution in [0.5, 0.6) is 5.75 Å². The van der Waals surface area contributed by atoms with Crippen molar-refractivity contribution in [2.75, 3.05) is 31.1 Å². The smallest absolute Gasteiger partial charge is 0.328 e. The first-order valence-electron chi connectivity index (χ1n) is 10.9. The lowest BCUT2D eigenvalue weighted by molar-refractivity contribution is -0.134. The molecule has 2 aromatic rings. The molecule has 33 heavy (non-hydrogen) atoms. The Kier molecular flexibility index (Phi) is 8.60. The first-order valence-corrected chi connectivity index (χ1v) is 10.9. The molecule has 0 spiro atoms. The highest BCUT2D eigenvalue weighted by Gasteiger charge is 2.27. The molecular weight excluding hydrogens is 424 g/mol. The molecule has 4 rings (SSSR count). The number of hydrogen-bond acceptors (Lipinski definition) is 5. The third-order valence-corrected chi connectivity index (χ3v) is 5.42. The zero-order valence-electron chi connectivity index (χ0n) is 18.3. The third-order valence-electron chi connectivity index (χ3n) is 5.42. The van der Waals surface area contributed by atoms with E-state index in [4.69, 9.17) is 14.9 Å². The molecule has 8 heteroatoms. The Morgan fingerprint density at radius 1 is 1.00 bits per heavy atom. The average molecular weight is 453 g/mol. The third kappa shape index (κ3) is 7.18. The molecule has 0 aromatic heterocycles. The topological polar surface area (TPSA) is 116 Å². The number of carbonyl (C=O) groups is 3. The van der Waals surface area contributed by atoms with E-state index in [0.717, 1.165) is 56.8 Å². The maximum absolute atomic E-state index is 12.4. The standard InChI is InChI=1S/C21H24N2O2.C4H4O4/c24-21-15-25-20-14-18-9-11-22-10-8-17(18)13-19(20)23(21)12-4-7-16-5-2-1-3-6-16;5-3(6)1-2-4(7)8/h1-3,5-6,13-14,22H,4,7-12,15H2;1-2H,(H,5,6)(H,7,8)/b;2-1+. The van der Waals surface area contributed by atoms with Crippen molar-refractivity contribution in [1.82, 2.24) is 5.32 Å². The molecule has 2 aliphatic rings. The van der Waals surface area contributed by atoms with Crippen molar-refractivity contribution in [2.24, 2.45) is 0 Å². The molecule has 0 saturated heterocycles. The van der Waals surface area contributed by atoms with Gasteiger partial charge >= 0.3 is 11.9 Å². The van der Waals surface area contributed by atoms with E-state index in [9.17, 15) is 14.4 Å². The number of nitrogens with zero attached hydrogens (tertiary/aromatic N) is 1. The number of carbonyl (C=O) groups excluding carboxylic acids is 1. The monoisotopic (exact) mass is 452 g/mol. The van der Waals surface area contributed by atoms with E-state index in [1.807, 2.05) is 11.0 Å². The van der Waals surface area contributed by atoms with Crippen molar-refractivity contribution in [3.63, 3.8) is 0 Å². The van der Waals surface area contributed by atoms with Crippen molar-refractivity contribution < 1.29 is 29.3 Å². The fourth-order valence-corrected chi connectivity index (χ4v) is 3.84. The lowest BCUT2D eigenvalue weighted by Gasteiger charge is -2.30. The summed E-state index contributed by atoms with van der Waals surface area (Å²) >= 11 is 0. The number of nitrogens with one attached hydrogen (secondary N) is 1. The molecule has 2 aromatic carbocycles. The summed E-state index contributed by atoms with van der Waals surface area (Å²) in [7, 11) is 0. The molecule has 2 heterocycles. The number of anilines is 1. The molecule has 1 amide bonds. The Bertz CT molecular complexity index is 1000. The number of fused-ring (bicyclic) bond motifs is 2. The zero-order valence-corrected chi connectivity index (χ0v) is 18.3. The largest absolute Gasteiger partial charge is 0.482 e. The van der Waals surface area contributed by atoms with Crippen LogP contribution in [-0.2, 0) is 33.6 Å². The van der Waals surface area contributed by atoms with Gasteiger partial charge in [-0.05, 0) is 67.6 Å². The zero-order chi connectivity index (χ0) is 23.6. The van der Waals surface area contributed by atoms with E-state index >= 15 is 0 Å². The second-order valence-electron chi connectivity index (χ2n) is 7.77. The molecule has 0 atom stereocenters. The normalized spacial score (nSPS) is 14.9. The van der Waals surface area contributed by atoms with Gasteiger partial charge in [-0.2, -0.15) is 0 Å². The van der Waals surface area contributed by atoms with Crippen molar-refractivity contribution in [3.8, 4) is 5.75 Å². The van der Waals surface area contributed by atoms with Gasteiger partial charge in [0.2, 0.25) is 0 Å². The number of ether oxygens (including phenoxy) is 1.